The van der Waals surface area contributed by atoms with Gasteiger partial charge in [0.2, 0.25) is 0 Å². The number of rotatable bonds is 5. The Hall–Kier alpha value is -2.95. The summed E-state index contributed by atoms with van der Waals surface area (Å²) in [7, 11) is 1.75. The van der Waals surface area contributed by atoms with Gasteiger partial charge in [0.15, 0.2) is 5.71 Å². The van der Waals surface area contributed by atoms with Gasteiger partial charge in [-0.05, 0) is 37.6 Å². The summed E-state index contributed by atoms with van der Waals surface area (Å²) < 4.78 is 0. The molecule has 0 atom stereocenters. The predicted molar refractivity (Wildman–Crippen MR) is 104 cm³/mol. The molecule has 0 N–H and O–H groups in total. The number of benzene rings is 2. The summed E-state index contributed by atoms with van der Waals surface area (Å²) in [5, 5.41) is 8.29. The normalized spacial score (nSPS) is 15.2. The van der Waals surface area contributed by atoms with E-state index in [-0.39, 0.29) is 5.91 Å². The van der Waals surface area contributed by atoms with Crippen molar-refractivity contribution >= 4 is 29.2 Å². The summed E-state index contributed by atoms with van der Waals surface area (Å²) in [5.41, 5.74) is 4.21. The van der Waals surface area contributed by atoms with Crippen molar-refractivity contribution in [3.8, 4) is 0 Å². The Morgan fingerprint density at radius 3 is 2.40 bits per heavy atom. The number of hydrogen-bond acceptors (Lipinski definition) is 4. The van der Waals surface area contributed by atoms with Gasteiger partial charge < -0.3 is 9.80 Å². The van der Waals surface area contributed by atoms with Crippen molar-refractivity contribution in [2.75, 3.05) is 29.9 Å². The Morgan fingerprint density at radius 2 is 1.72 bits per heavy atom. The lowest BCUT2D eigenvalue weighted by Crippen LogP contribution is -2.25. The van der Waals surface area contributed by atoms with Crippen LogP contribution in [0.25, 0.3) is 0 Å². The van der Waals surface area contributed by atoms with E-state index in [2.05, 4.69) is 41.1 Å². The topological polar surface area (TPSA) is 48.3 Å². The average Bonchev–Trinajstić information content (AvgIpc) is 2.89. The van der Waals surface area contributed by atoms with Gasteiger partial charge in [0, 0.05) is 31.4 Å². The largest absolute Gasteiger partial charge is 0.372 e. The molecule has 0 spiro atoms. The maximum atomic E-state index is 12.3. The molecule has 0 saturated heterocycles. The summed E-state index contributed by atoms with van der Waals surface area (Å²) in [5.74, 6) is -0.129. The van der Waals surface area contributed by atoms with Crippen LogP contribution in [0.3, 0.4) is 0 Å². The standard InChI is InChI=1S/C20H22N4O/c1-4-24(5-2)16-12-10-15(11-13-16)14-21-22-19-17-8-6-7-9-18(17)23(3)20(19)25/h6-14H,4-5H2,1-3H3/b21-14+,22-19-. The Bertz CT molecular complexity index is 820. The third-order valence-electron chi connectivity index (χ3n) is 4.41. The molecule has 2 aromatic rings. The molecule has 3 rings (SSSR count). The minimum absolute atomic E-state index is 0.129. The summed E-state index contributed by atoms with van der Waals surface area (Å²) in [6.45, 7) is 6.24. The van der Waals surface area contributed by atoms with Crippen molar-refractivity contribution in [1.82, 2.24) is 0 Å². The van der Waals surface area contributed by atoms with Crippen LogP contribution in [0.4, 0.5) is 11.4 Å². The zero-order valence-electron chi connectivity index (χ0n) is 14.8. The highest BCUT2D eigenvalue weighted by Crippen LogP contribution is 2.27. The second kappa shape index (κ2) is 7.30. The first-order valence-corrected chi connectivity index (χ1v) is 8.49. The van der Waals surface area contributed by atoms with Crippen molar-refractivity contribution in [2.24, 2.45) is 10.2 Å². The van der Waals surface area contributed by atoms with E-state index in [1.807, 2.05) is 36.4 Å². The highest BCUT2D eigenvalue weighted by molar-refractivity contribution is 6.54. The van der Waals surface area contributed by atoms with E-state index >= 15 is 0 Å². The number of anilines is 2. The van der Waals surface area contributed by atoms with E-state index in [0.717, 1.165) is 29.9 Å². The summed E-state index contributed by atoms with van der Waals surface area (Å²) in [6.07, 6.45) is 1.67. The van der Waals surface area contributed by atoms with Crippen LogP contribution in [0.5, 0.6) is 0 Å². The second-order valence-corrected chi connectivity index (χ2v) is 5.84. The summed E-state index contributed by atoms with van der Waals surface area (Å²) >= 11 is 0. The molecule has 1 amide bonds. The van der Waals surface area contributed by atoms with Crippen molar-refractivity contribution in [3.63, 3.8) is 0 Å². The number of para-hydroxylation sites is 1. The lowest BCUT2D eigenvalue weighted by Gasteiger charge is -2.20. The lowest BCUT2D eigenvalue weighted by molar-refractivity contribution is -0.111. The van der Waals surface area contributed by atoms with Crippen molar-refractivity contribution < 1.29 is 4.79 Å². The zero-order valence-corrected chi connectivity index (χ0v) is 14.8. The van der Waals surface area contributed by atoms with Crippen molar-refractivity contribution in [1.29, 1.82) is 0 Å². The average molecular weight is 334 g/mol. The number of likely N-dealkylation sites (N-methyl/N-ethyl adjacent to an activating group) is 1. The van der Waals surface area contributed by atoms with E-state index in [9.17, 15) is 4.79 Å². The third kappa shape index (κ3) is 3.31. The van der Waals surface area contributed by atoms with Gasteiger partial charge in [-0.3, -0.25) is 4.79 Å². The molecule has 0 fully saturated rings. The molecule has 0 bridgehead atoms. The Kier molecular flexibility index (Phi) is 4.93. The third-order valence-corrected chi connectivity index (χ3v) is 4.41. The van der Waals surface area contributed by atoms with Crippen LogP contribution < -0.4 is 9.80 Å². The molecule has 5 nitrogen and oxygen atoms in total. The van der Waals surface area contributed by atoms with E-state index in [1.54, 1.807) is 18.2 Å². The van der Waals surface area contributed by atoms with Gasteiger partial charge in [-0.15, -0.1) is 5.10 Å². The fourth-order valence-electron chi connectivity index (χ4n) is 2.96. The van der Waals surface area contributed by atoms with Crippen molar-refractivity contribution in [2.45, 2.75) is 13.8 Å². The van der Waals surface area contributed by atoms with E-state index in [4.69, 9.17) is 0 Å². The fourth-order valence-corrected chi connectivity index (χ4v) is 2.96. The van der Waals surface area contributed by atoms with Gasteiger partial charge in [-0.2, -0.15) is 5.10 Å². The van der Waals surface area contributed by atoms with E-state index in [1.165, 1.54) is 5.69 Å². The number of hydrogen-bond donors (Lipinski definition) is 0. The molecule has 0 aliphatic carbocycles. The molecule has 2 aromatic carbocycles. The molecule has 1 aliphatic heterocycles. The highest BCUT2D eigenvalue weighted by Gasteiger charge is 2.30. The summed E-state index contributed by atoms with van der Waals surface area (Å²) in [4.78, 5) is 16.2. The molecule has 0 saturated carbocycles. The lowest BCUT2D eigenvalue weighted by atomic mass is 10.1. The Labute approximate surface area is 148 Å². The van der Waals surface area contributed by atoms with E-state index in [0.29, 0.717) is 5.71 Å². The molecular formula is C20H22N4O. The highest BCUT2D eigenvalue weighted by atomic mass is 16.2. The predicted octanol–water partition coefficient (Wildman–Crippen LogP) is 3.33. The Balaban J connectivity index is 1.79. The van der Waals surface area contributed by atoms with Crippen molar-refractivity contribution in [3.05, 3.63) is 59.7 Å². The second-order valence-electron chi connectivity index (χ2n) is 5.84. The Morgan fingerprint density at radius 1 is 1.04 bits per heavy atom. The first kappa shape index (κ1) is 16.9. The minimum atomic E-state index is -0.129. The molecule has 128 valence electrons. The molecule has 1 heterocycles. The van der Waals surface area contributed by atoms with Crippen LogP contribution in [0, 0.1) is 0 Å². The monoisotopic (exact) mass is 334 g/mol. The SMILES string of the molecule is CCN(CC)c1ccc(/C=N/N=C2\C(=O)N(C)c3ccccc32)cc1. The van der Waals surface area contributed by atoms with Gasteiger partial charge in [-0.1, -0.05) is 30.3 Å². The number of nitrogens with zero attached hydrogens (tertiary/aromatic N) is 4. The molecular weight excluding hydrogens is 312 g/mol. The first-order chi connectivity index (χ1) is 12.2. The first-order valence-electron chi connectivity index (χ1n) is 8.49. The van der Waals surface area contributed by atoms with Gasteiger partial charge >= 0.3 is 0 Å². The zero-order chi connectivity index (χ0) is 17.8. The van der Waals surface area contributed by atoms with Gasteiger partial charge in [0.1, 0.15) is 0 Å². The van der Waals surface area contributed by atoms with Gasteiger partial charge in [0.05, 0.1) is 11.9 Å². The summed E-state index contributed by atoms with van der Waals surface area (Å²) in [6, 6.07) is 15.8. The quantitative estimate of drug-likeness (QED) is 0.622. The van der Waals surface area contributed by atoms with Crippen LogP contribution >= 0.6 is 0 Å². The molecule has 5 heteroatoms. The van der Waals surface area contributed by atoms with E-state index < -0.39 is 0 Å². The smallest absolute Gasteiger partial charge is 0.279 e. The molecule has 0 unspecified atom stereocenters. The number of amides is 1. The van der Waals surface area contributed by atoms with Crippen LogP contribution in [0.1, 0.15) is 25.0 Å². The molecule has 1 aliphatic rings. The number of carbonyl (C=O) groups is 1. The number of carbonyl (C=O) groups excluding carboxylic acids is 1. The van der Waals surface area contributed by atoms with Crippen LogP contribution in [0.15, 0.2) is 58.7 Å². The van der Waals surface area contributed by atoms with Crippen LogP contribution in [0.2, 0.25) is 0 Å². The minimum Gasteiger partial charge on any atom is -0.372 e. The van der Waals surface area contributed by atoms with Gasteiger partial charge in [-0.25, -0.2) is 0 Å². The molecule has 0 aromatic heterocycles. The molecule has 0 radical (unpaired) electrons. The maximum Gasteiger partial charge on any atom is 0.279 e. The van der Waals surface area contributed by atoms with Crippen LogP contribution in [-0.2, 0) is 4.79 Å². The van der Waals surface area contributed by atoms with Gasteiger partial charge in [0.25, 0.3) is 5.91 Å². The fraction of sp³-hybridized carbons (Fsp3) is 0.250. The molecule has 25 heavy (non-hydrogen) atoms. The maximum absolute atomic E-state index is 12.3. The number of fused-ring (bicyclic) bond motifs is 1. The van der Waals surface area contributed by atoms with Crippen LogP contribution in [-0.4, -0.2) is 38.0 Å².